The molecule has 0 amide bonds. The fourth-order valence-electron chi connectivity index (χ4n) is 4.95. The number of ketones is 2. The van der Waals surface area contributed by atoms with Crippen molar-refractivity contribution in [1.82, 2.24) is 10.6 Å². The van der Waals surface area contributed by atoms with Crippen LogP contribution in [0.3, 0.4) is 0 Å². The van der Waals surface area contributed by atoms with Crippen molar-refractivity contribution in [2.45, 2.75) is 25.9 Å². The average Bonchev–Trinajstić information content (AvgIpc) is 3.12. The number of carbonyl (C=O) groups excluding carboxylic acids is 2. The molecule has 30 heavy (non-hydrogen) atoms. The van der Waals surface area contributed by atoms with Gasteiger partial charge in [0.2, 0.25) is 0 Å². The lowest BCUT2D eigenvalue weighted by Crippen LogP contribution is -2.35. The Morgan fingerprint density at radius 3 is 1.57 bits per heavy atom. The second-order valence-corrected chi connectivity index (χ2v) is 8.30. The van der Waals surface area contributed by atoms with Gasteiger partial charge in [0.15, 0.2) is 11.6 Å². The van der Waals surface area contributed by atoms with Crippen molar-refractivity contribution in [1.29, 1.82) is 0 Å². The third-order valence-electron chi connectivity index (χ3n) is 6.44. The maximum Gasteiger partial charge on any atom is 0.166 e. The van der Waals surface area contributed by atoms with Gasteiger partial charge in [-0.05, 0) is 23.3 Å². The number of nitrogens with zero attached hydrogens (tertiary/aromatic N) is 2. The Balaban J connectivity index is 0.000000128. The van der Waals surface area contributed by atoms with Crippen molar-refractivity contribution in [2.24, 2.45) is 0 Å². The minimum Gasteiger partial charge on any atom is -0.369 e. The zero-order chi connectivity index (χ0) is 20.5. The fourth-order valence-corrected chi connectivity index (χ4v) is 4.95. The maximum atomic E-state index is 11.8. The number of benzene rings is 2. The topological polar surface area (TPSA) is 64.7 Å². The number of para-hydroxylation sites is 2. The Kier molecular flexibility index (Phi) is 5.27. The number of hydrogen-bond acceptors (Lipinski definition) is 6. The number of Topliss-reactive ketones (excluding diaryl/α,β-unsaturated/α-hetero) is 2. The molecule has 156 valence electrons. The molecular formula is C24H28N4O2. The summed E-state index contributed by atoms with van der Waals surface area (Å²) in [6.45, 7) is 7.55. The largest absolute Gasteiger partial charge is 0.369 e. The van der Waals surface area contributed by atoms with E-state index in [-0.39, 0.29) is 0 Å². The number of anilines is 2. The van der Waals surface area contributed by atoms with Gasteiger partial charge in [0.05, 0.1) is 11.4 Å². The highest BCUT2D eigenvalue weighted by Gasteiger charge is 2.27. The molecule has 0 aliphatic carbocycles. The molecule has 6 rings (SSSR count). The van der Waals surface area contributed by atoms with E-state index in [9.17, 15) is 9.59 Å². The molecule has 4 heterocycles. The van der Waals surface area contributed by atoms with Gasteiger partial charge < -0.3 is 20.4 Å². The van der Waals surface area contributed by atoms with Gasteiger partial charge in [-0.3, -0.25) is 9.59 Å². The summed E-state index contributed by atoms with van der Waals surface area (Å²) in [5.74, 6) is 0.593. The van der Waals surface area contributed by atoms with Gasteiger partial charge in [-0.2, -0.15) is 0 Å². The predicted octanol–water partition coefficient (Wildman–Crippen LogP) is 2.37. The van der Waals surface area contributed by atoms with Crippen LogP contribution in [-0.4, -0.2) is 50.8 Å². The molecule has 0 saturated carbocycles. The van der Waals surface area contributed by atoms with Crippen LogP contribution in [0.15, 0.2) is 36.4 Å². The van der Waals surface area contributed by atoms with Gasteiger partial charge in [0.25, 0.3) is 0 Å². The van der Waals surface area contributed by atoms with Gasteiger partial charge in [0.1, 0.15) is 0 Å². The quantitative estimate of drug-likeness (QED) is 0.703. The summed E-state index contributed by atoms with van der Waals surface area (Å²) in [6, 6.07) is 12.1. The maximum absolute atomic E-state index is 11.8. The number of nitrogens with one attached hydrogen (secondary N) is 2. The van der Waals surface area contributed by atoms with E-state index in [0.29, 0.717) is 24.4 Å². The van der Waals surface area contributed by atoms with E-state index < -0.39 is 0 Å². The molecule has 0 atom stereocenters. The normalized spacial score (nSPS) is 19.7. The van der Waals surface area contributed by atoms with Crippen molar-refractivity contribution in [3.05, 3.63) is 58.7 Å². The number of carbonyl (C=O) groups is 2. The minimum atomic E-state index is 0.296. The summed E-state index contributed by atoms with van der Waals surface area (Å²) in [6.07, 6.45) is 1.33. The zero-order valence-corrected chi connectivity index (χ0v) is 17.2. The number of hydrogen-bond donors (Lipinski definition) is 2. The molecule has 4 aliphatic rings. The van der Waals surface area contributed by atoms with E-state index in [2.05, 4.69) is 32.6 Å². The first-order valence-electron chi connectivity index (χ1n) is 10.9. The van der Waals surface area contributed by atoms with E-state index in [1.165, 1.54) is 22.5 Å². The molecule has 0 unspecified atom stereocenters. The van der Waals surface area contributed by atoms with Crippen LogP contribution in [-0.2, 0) is 13.1 Å². The van der Waals surface area contributed by atoms with Gasteiger partial charge in [-0.15, -0.1) is 0 Å². The molecule has 2 aromatic rings. The van der Waals surface area contributed by atoms with Crippen LogP contribution >= 0.6 is 0 Å². The van der Waals surface area contributed by atoms with E-state index in [1.807, 2.05) is 24.3 Å². The Bertz CT molecular complexity index is 908. The number of rotatable bonds is 0. The first-order chi connectivity index (χ1) is 14.7. The van der Waals surface area contributed by atoms with E-state index in [4.69, 9.17) is 0 Å². The van der Waals surface area contributed by atoms with Crippen LogP contribution in [0.1, 0.15) is 44.7 Å². The molecule has 6 heteroatoms. The Morgan fingerprint density at radius 1 is 0.633 bits per heavy atom. The Labute approximate surface area is 177 Å². The van der Waals surface area contributed by atoms with E-state index in [1.54, 1.807) is 0 Å². The molecule has 4 aliphatic heterocycles. The van der Waals surface area contributed by atoms with Crippen LogP contribution in [0.4, 0.5) is 11.4 Å². The summed E-state index contributed by atoms with van der Waals surface area (Å²) in [4.78, 5) is 28.3. The summed E-state index contributed by atoms with van der Waals surface area (Å²) in [5, 5.41) is 6.77. The summed E-state index contributed by atoms with van der Waals surface area (Å²) in [5.41, 5.74) is 6.72. The van der Waals surface area contributed by atoms with Gasteiger partial charge in [-0.25, -0.2) is 0 Å². The molecular weight excluding hydrogens is 376 g/mol. The summed E-state index contributed by atoms with van der Waals surface area (Å²) < 4.78 is 0. The van der Waals surface area contributed by atoms with Crippen LogP contribution < -0.4 is 20.4 Å². The second kappa shape index (κ2) is 8.20. The van der Waals surface area contributed by atoms with E-state index >= 15 is 0 Å². The Morgan fingerprint density at radius 2 is 1.10 bits per heavy atom. The van der Waals surface area contributed by atoms with Crippen LogP contribution in [0, 0.1) is 0 Å². The zero-order valence-electron chi connectivity index (χ0n) is 17.2. The molecule has 0 fully saturated rings. The summed E-state index contributed by atoms with van der Waals surface area (Å²) in [7, 11) is 0. The molecule has 0 bridgehead atoms. The van der Waals surface area contributed by atoms with Crippen LogP contribution in [0.25, 0.3) is 0 Å². The van der Waals surface area contributed by atoms with Crippen molar-refractivity contribution >= 4 is 22.9 Å². The van der Waals surface area contributed by atoms with E-state index in [0.717, 1.165) is 63.5 Å². The van der Waals surface area contributed by atoms with Crippen LogP contribution in [0.2, 0.25) is 0 Å². The molecule has 6 nitrogen and oxygen atoms in total. The lowest BCUT2D eigenvalue weighted by atomic mass is 9.97. The molecule has 0 radical (unpaired) electrons. The van der Waals surface area contributed by atoms with Crippen molar-refractivity contribution < 1.29 is 9.59 Å². The predicted molar refractivity (Wildman–Crippen MR) is 119 cm³/mol. The molecule has 2 aromatic carbocycles. The monoisotopic (exact) mass is 404 g/mol. The molecule has 0 aromatic heterocycles. The standard InChI is InChI=1S/2C12H14N2O/c2*15-11-4-6-14-7-5-13-8-9-2-1-3-10(11)12(9)14/h2*1-3,13H,4-8H2. The second-order valence-electron chi connectivity index (χ2n) is 8.30. The highest BCUT2D eigenvalue weighted by atomic mass is 16.1. The van der Waals surface area contributed by atoms with Crippen LogP contribution in [0.5, 0.6) is 0 Å². The third kappa shape index (κ3) is 3.50. The van der Waals surface area contributed by atoms with Crippen molar-refractivity contribution in [2.75, 3.05) is 49.1 Å². The molecule has 2 N–H and O–H groups in total. The Hall–Kier alpha value is -2.70. The lowest BCUT2D eigenvalue weighted by molar-refractivity contribution is 0.0972. The van der Waals surface area contributed by atoms with Gasteiger partial charge in [0, 0.05) is 76.3 Å². The highest BCUT2D eigenvalue weighted by molar-refractivity contribution is 6.04. The average molecular weight is 405 g/mol. The first kappa shape index (κ1) is 19.3. The van der Waals surface area contributed by atoms with Gasteiger partial charge in [-0.1, -0.05) is 24.3 Å². The minimum absolute atomic E-state index is 0.296. The lowest BCUT2D eigenvalue weighted by Gasteiger charge is -2.30. The van der Waals surface area contributed by atoms with Crippen molar-refractivity contribution in [3.63, 3.8) is 0 Å². The first-order valence-corrected chi connectivity index (χ1v) is 10.9. The SMILES string of the molecule is O=C1CCN2CCNCc3cccc1c32.O=C1CCN2CCNCc3cccc1c32. The van der Waals surface area contributed by atoms with Gasteiger partial charge >= 0.3 is 0 Å². The van der Waals surface area contributed by atoms with Crippen molar-refractivity contribution in [3.8, 4) is 0 Å². The summed E-state index contributed by atoms with van der Waals surface area (Å²) >= 11 is 0. The smallest absolute Gasteiger partial charge is 0.166 e. The highest BCUT2D eigenvalue weighted by Crippen LogP contribution is 2.32. The fraction of sp³-hybridized carbons (Fsp3) is 0.417. The third-order valence-corrected chi connectivity index (χ3v) is 6.44. The molecule has 0 saturated heterocycles. The molecule has 0 spiro atoms.